The molecule has 7 nitrogen and oxygen atoms in total. The van der Waals surface area contributed by atoms with Crippen LogP contribution in [0.3, 0.4) is 0 Å². The van der Waals surface area contributed by atoms with Gasteiger partial charge >= 0.3 is 6.09 Å². The van der Waals surface area contributed by atoms with Crippen LogP contribution in [0.15, 0.2) is 24.3 Å². The lowest BCUT2D eigenvalue weighted by Crippen LogP contribution is -2.47. The Morgan fingerprint density at radius 1 is 1.13 bits per heavy atom. The lowest BCUT2D eigenvalue weighted by molar-refractivity contribution is -0.136. The van der Waals surface area contributed by atoms with Crippen LogP contribution in [0.5, 0.6) is 0 Å². The summed E-state index contributed by atoms with van der Waals surface area (Å²) in [6, 6.07) is 8.40. The Morgan fingerprint density at radius 3 is 2.43 bits per heavy atom. The van der Waals surface area contributed by atoms with Crippen molar-refractivity contribution in [2.45, 2.75) is 45.8 Å². The van der Waals surface area contributed by atoms with Crippen LogP contribution in [-0.4, -0.2) is 73.8 Å². The number of benzene rings is 1. The normalized spacial score (nSPS) is 20.1. The summed E-state index contributed by atoms with van der Waals surface area (Å²) in [5.74, 6) is -0.0931. The lowest BCUT2D eigenvalue weighted by atomic mass is 9.96. The van der Waals surface area contributed by atoms with Crippen molar-refractivity contribution >= 4 is 17.7 Å². The second-order valence-corrected chi connectivity index (χ2v) is 9.23. The van der Waals surface area contributed by atoms with Gasteiger partial charge in [-0.3, -0.25) is 4.79 Å². The van der Waals surface area contributed by atoms with Crippen LogP contribution >= 0.6 is 0 Å². The molecule has 0 aromatic heterocycles. The zero-order chi connectivity index (χ0) is 21.7. The smallest absolute Gasteiger partial charge is 0.410 e. The van der Waals surface area contributed by atoms with Gasteiger partial charge in [-0.15, -0.1) is 0 Å². The van der Waals surface area contributed by atoms with Crippen molar-refractivity contribution in [1.82, 2.24) is 9.80 Å². The van der Waals surface area contributed by atoms with E-state index in [4.69, 9.17) is 9.47 Å². The summed E-state index contributed by atoms with van der Waals surface area (Å²) in [5.41, 5.74) is 1.76. The van der Waals surface area contributed by atoms with E-state index in [1.807, 2.05) is 27.8 Å². The molecule has 2 saturated heterocycles. The maximum atomic E-state index is 13.0. The molecule has 0 bridgehead atoms. The SMILES string of the molecule is CN(Cc1ccc(N2CCOCC2)cc1)C(=O)C1CCCN(C(=O)OC(C)(C)C)C1. The Labute approximate surface area is 179 Å². The van der Waals surface area contributed by atoms with Gasteiger partial charge in [0.15, 0.2) is 0 Å². The fraction of sp³-hybridized carbons (Fsp3) is 0.652. The molecule has 0 spiro atoms. The molecule has 166 valence electrons. The van der Waals surface area contributed by atoms with Crippen molar-refractivity contribution in [3.63, 3.8) is 0 Å². The molecule has 1 unspecified atom stereocenters. The number of morpholine rings is 1. The fourth-order valence-corrected chi connectivity index (χ4v) is 3.97. The minimum absolute atomic E-state index is 0.0838. The maximum absolute atomic E-state index is 13.0. The summed E-state index contributed by atoms with van der Waals surface area (Å²) < 4.78 is 10.9. The minimum Gasteiger partial charge on any atom is -0.444 e. The van der Waals surface area contributed by atoms with Gasteiger partial charge in [0.2, 0.25) is 5.91 Å². The van der Waals surface area contributed by atoms with Gasteiger partial charge in [-0.2, -0.15) is 0 Å². The molecule has 2 fully saturated rings. The summed E-state index contributed by atoms with van der Waals surface area (Å²) in [5, 5.41) is 0. The monoisotopic (exact) mass is 417 g/mol. The molecule has 0 radical (unpaired) electrons. The van der Waals surface area contributed by atoms with Gasteiger partial charge < -0.3 is 24.2 Å². The molecule has 2 amide bonds. The van der Waals surface area contributed by atoms with Gasteiger partial charge in [0.1, 0.15) is 5.60 Å². The predicted molar refractivity (Wildman–Crippen MR) is 116 cm³/mol. The van der Waals surface area contributed by atoms with E-state index >= 15 is 0 Å². The van der Waals surface area contributed by atoms with Gasteiger partial charge in [0, 0.05) is 45.5 Å². The highest BCUT2D eigenvalue weighted by Gasteiger charge is 2.32. The summed E-state index contributed by atoms with van der Waals surface area (Å²) in [6.07, 6.45) is 1.29. The molecule has 1 atom stereocenters. The number of rotatable bonds is 4. The number of likely N-dealkylation sites (tertiary alicyclic amines) is 1. The second kappa shape index (κ2) is 9.69. The molecule has 2 aliphatic heterocycles. The Bertz CT molecular complexity index is 723. The third-order valence-electron chi connectivity index (χ3n) is 5.53. The quantitative estimate of drug-likeness (QED) is 0.753. The number of nitrogens with zero attached hydrogens (tertiary/aromatic N) is 3. The molecule has 2 aliphatic rings. The summed E-state index contributed by atoms with van der Waals surface area (Å²) in [4.78, 5) is 31.1. The summed E-state index contributed by atoms with van der Waals surface area (Å²) >= 11 is 0. The number of carbonyl (C=O) groups is 2. The molecule has 3 rings (SSSR count). The van der Waals surface area contributed by atoms with Crippen molar-refractivity contribution < 1.29 is 19.1 Å². The van der Waals surface area contributed by atoms with E-state index in [2.05, 4.69) is 29.2 Å². The standard InChI is InChI=1S/C23H35N3O4/c1-23(2,3)30-22(28)26-11-5-6-19(17-26)21(27)24(4)16-18-7-9-20(10-8-18)25-12-14-29-15-13-25/h7-10,19H,5-6,11-17H2,1-4H3. The number of amides is 2. The second-order valence-electron chi connectivity index (χ2n) is 9.23. The van der Waals surface area contributed by atoms with E-state index in [-0.39, 0.29) is 17.9 Å². The topological polar surface area (TPSA) is 62.3 Å². The molecular formula is C23H35N3O4. The molecule has 0 aliphatic carbocycles. The molecule has 7 heteroatoms. The lowest BCUT2D eigenvalue weighted by Gasteiger charge is -2.35. The minimum atomic E-state index is -0.530. The zero-order valence-corrected chi connectivity index (χ0v) is 18.7. The number of ether oxygens (including phenoxy) is 2. The van der Waals surface area contributed by atoms with Gasteiger partial charge in [-0.25, -0.2) is 4.79 Å². The number of piperidine rings is 1. The average Bonchev–Trinajstić information content (AvgIpc) is 2.73. The molecule has 2 heterocycles. The molecule has 0 N–H and O–H groups in total. The van der Waals surface area contributed by atoms with Crippen molar-refractivity contribution in [2.24, 2.45) is 5.92 Å². The number of carbonyl (C=O) groups excluding carboxylic acids is 2. The molecule has 1 aromatic carbocycles. The zero-order valence-electron chi connectivity index (χ0n) is 18.7. The van der Waals surface area contributed by atoms with Crippen molar-refractivity contribution in [1.29, 1.82) is 0 Å². The largest absolute Gasteiger partial charge is 0.444 e. The van der Waals surface area contributed by atoms with E-state index in [1.54, 1.807) is 9.80 Å². The summed E-state index contributed by atoms with van der Waals surface area (Å²) in [6.45, 7) is 10.5. The first-order chi connectivity index (χ1) is 14.2. The van der Waals surface area contributed by atoms with Crippen LogP contribution in [0.4, 0.5) is 10.5 Å². The van der Waals surface area contributed by atoms with Crippen molar-refractivity contribution in [3.05, 3.63) is 29.8 Å². The van der Waals surface area contributed by atoms with E-state index in [0.29, 0.717) is 19.6 Å². The van der Waals surface area contributed by atoms with Crippen LogP contribution < -0.4 is 4.90 Å². The molecule has 30 heavy (non-hydrogen) atoms. The van der Waals surface area contributed by atoms with Crippen LogP contribution in [0.25, 0.3) is 0 Å². The summed E-state index contributed by atoms with van der Waals surface area (Å²) in [7, 11) is 1.84. The van der Waals surface area contributed by atoms with Gasteiger partial charge in [-0.1, -0.05) is 12.1 Å². The third-order valence-corrected chi connectivity index (χ3v) is 5.53. The third kappa shape index (κ3) is 6.11. The van der Waals surface area contributed by atoms with Gasteiger partial charge in [-0.05, 0) is 51.3 Å². The van der Waals surface area contributed by atoms with Gasteiger partial charge in [0.05, 0.1) is 19.1 Å². The Morgan fingerprint density at radius 2 is 1.80 bits per heavy atom. The van der Waals surface area contributed by atoms with Crippen molar-refractivity contribution in [2.75, 3.05) is 51.3 Å². The first kappa shape index (κ1) is 22.4. The first-order valence-electron chi connectivity index (χ1n) is 10.9. The van der Waals surface area contributed by atoms with E-state index in [1.165, 1.54) is 5.69 Å². The first-order valence-corrected chi connectivity index (χ1v) is 10.9. The molecular weight excluding hydrogens is 382 g/mol. The van der Waals surface area contributed by atoms with E-state index in [9.17, 15) is 9.59 Å². The highest BCUT2D eigenvalue weighted by atomic mass is 16.6. The van der Waals surface area contributed by atoms with Crippen LogP contribution in [0.1, 0.15) is 39.2 Å². The van der Waals surface area contributed by atoms with E-state index in [0.717, 1.165) is 44.7 Å². The van der Waals surface area contributed by atoms with Crippen molar-refractivity contribution in [3.8, 4) is 0 Å². The predicted octanol–water partition coefficient (Wildman–Crippen LogP) is 3.13. The van der Waals surface area contributed by atoms with E-state index < -0.39 is 5.60 Å². The molecule has 0 saturated carbocycles. The maximum Gasteiger partial charge on any atom is 0.410 e. The molecule has 1 aromatic rings. The Hall–Kier alpha value is -2.28. The van der Waals surface area contributed by atoms with Gasteiger partial charge in [0.25, 0.3) is 0 Å². The highest BCUT2D eigenvalue weighted by molar-refractivity contribution is 5.80. The Balaban J connectivity index is 1.54. The van der Waals surface area contributed by atoms with Crippen LogP contribution in [0, 0.1) is 5.92 Å². The van der Waals surface area contributed by atoms with Crippen LogP contribution in [0.2, 0.25) is 0 Å². The number of anilines is 1. The number of hydrogen-bond donors (Lipinski definition) is 0. The highest BCUT2D eigenvalue weighted by Crippen LogP contribution is 2.22. The average molecular weight is 418 g/mol. The fourth-order valence-electron chi connectivity index (χ4n) is 3.97. The van der Waals surface area contributed by atoms with Crippen LogP contribution in [-0.2, 0) is 20.8 Å². The number of hydrogen-bond acceptors (Lipinski definition) is 5. The Kier molecular flexibility index (Phi) is 7.23.